The van der Waals surface area contributed by atoms with Gasteiger partial charge in [0.15, 0.2) is 0 Å². The van der Waals surface area contributed by atoms with Crippen molar-refractivity contribution in [2.75, 3.05) is 6.61 Å². The van der Waals surface area contributed by atoms with E-state index < -0.39 is 5.97 Å². The van der Waals surface area contributed by atoms with Crippen molar-refractivity contribution in [1.29, 1.82) is 0 Å². The highest BCUT2D eigenvalue weighted by Crippen LogP contribution is 2.16. The van der Waals surface area contributed by atoms with Crippen LogP contribution in [0.25, 0.3) is 0 Å². The molecule has 0 aliphatic rings. The van der Waals surface area contributed by atoms with E-state index in [0.717, 1.165) is 12.2 Å². The highest BCUT2D eigenvalue weighted by molar-refractivity contribution is 5.81. The van der Waals surface area contributed by atoms with E-state index in [2.05, 4.69) is 44.7 Å². The molecule has 0 saturated heterocycles. The van der Waals surface area contributed by atoms with Crippen molar-refractivity contribution >= 4 is 5.97 Å². The largest absolute Gasteiger partial charge is 0.490 e. The van der Waals surface area contributed by atoms with E-state index in [1.165, 1.54) is 23.6 Å². The third-order valence-electron chi connectivity index (χ3n) is 3.52. The molecule has 0 N–H and O–H groups in total. The standard InChI is InChI=1S/C20H22O3.C3H8/c1-3-18(23-20(21)4-2)15-22-19-12-10-17(11-13-19)14-16-8-6-5-7-9-16;1-3-2/h4-13,18H,2-3,14-15H2,1H3;3H2,1-2H3. The third-order valence-corrected chi connectivity index (χ3v) is 3.52. The van der Waals surface area contributed by atoms with Gasteiger partial charge in [-0.2, -0.15) is 0 Å². The maximum Gasteiger partial charge on any atom is 0.330 e. The zero-order valence-corrected chi connectivity index (χ0v) is 16.1. The molecule has 2 aromatic rings. The van der Waals surface area contributed by atoms with E-state index in [4.69, 9.17) is 9.47 Å². The second kappa shape index (κ2) is 12.8. The van der Waals surface area contributed by atoms with Crippen molar-refractivity contribution in [2.24, 2.45) is 0 Å². The molecular weight excluding hydrogens is 324 g/mol. The van der Waals surface area contributed by atoms with Crippen LogP contribution in [0.1, 0.15) is 44.7 Å². The minimum absolute atomic E-state index is 0.260. The summed E-state index contributed by atoms with van der Waals surface area (Å²) in [5.41, 5.74) is 2.51. The van der Waals surface area contributed by atoms with Crippen LogP contribution in [0.5, 0.6) is 5.75 Å². The Bertz CT molecular complexity index is 632. The number of benzene rings is 2. The van der Waals surface area contributed by atoms with Gasteiger partial charge < -0.3 is 9.47 Å². The molecule has 3 heteroatoms. The fourth-order valence-corrected chi connectivity index (χ4v) is 2.17. The van der Waals surface area contributed by atoms with Gasteiger partial charge in [0.1, 0.15) is 18.5 Å². The molecule has 2 aromatic carbocycles. The van der Waals surface area contributed by atoms with Crippen molar-refractivity contribution in [1.82, 2.24) is 0 Å². The van der Waals surface area contributed by atoms with Gasteiger partial charge in [0, 0.05) is 6.08 Å². The Morgan fingerprint density at radius 3 is 2.12 bits per heavy atom. The number of rotatable bonds is 8. The molecule has 0 spiro atoms. The lowest BCUT2D eigenvalue weighted by atomic mass is 10.1. The summed E-state index contributed by atoms with van der Waals surface area (Å²) >= 11 is 0. The second-order valence-electron chi connectivity index (χ2n) is 6.00. The fourth-order valence-electron chi connectivity index (χ4n) is 2.17. The smallest absolute Gasteiger partial charge is 0.330 e. The topological polar surface area (TPSA) is 35.5 Å². The van der Waals surface area contributed by atoms with Gasteiger partial charge in [-0.1, -0.05) is 76.2 Å². The molecule has 2 rings (SSSR count). The van der Waals surface area contributed by atoms with Crippen LogP contribution in [-0.2, 0) is 16.0 Å². The fraction of sp³-hybridized carbons (Fsp3) is 0.348. The molecule has 3 nitrogen and oxygen atoms in total. The highest BCUT2D eigenvalue weighted by Gasteiger charge is 2.11. The summed E-state index contributed by atoms with van der Waals surface area (Å²) in [6.07, 6.45) is 3.76. The van der Waals surface area contributed by atoms with Crippen molar-refractivity contribution in [3.8, 4) is 5.75 Å². The maximum atomic E-state index is 11.2. The Morgan fingerprint density at radius 1 is 1.00 bits per heavy atom. The zero-order valence-electron chi connectivity index (χ0n) is 16.1. The summed E-state index contributed by atoms with van der Waals surface area (Å²) in [6, 6.07) is 18.3. The normalized spacial score (nSPS) is 10.9. The van der Waals surface area contributed by atoms with Crippen LogP contribution in [0, 0.1) is 0 Å². The predicted molar refractivity (Wildman–Crippen MR) is 108 cm³/mol. The molecule has 0 aromatic heterocycles. The van der Waals surface area contributed by atoms with Crippen molar-refractivity contribution in [3.63, 3.8) is 0 Å². The summed E-state index contributed by atoms with van der Waals surface area (Å²) in [5, 5.41) is 0. The van der Waals surface area contributed by atoms with E-state index in [9.17, 15) is 4.79 Å². The quantitative estimate of drug-likeness (QED) is 0.458. The second-order valence-corrected chi connectivity index (χ2v) is 6.00. The molecule has 0 saturated carbocycles. The molecule has 0 radical (unpaired) electrons. The Kier molecular flexibility index (Phi) is 10.5. The minimum Gasteiger partial charge on any atom is -0.490 e. The van der Waals surface area contributed by atoms with E-state index in [-0.39, 0.29) is 6.10 Å². The minimum atomic E-state index is -0.418. The molecule has 26 heavy (non-hydrogen) atoms. The molecule has 1 atom stereocenters. The van der Waals surface area contributed by atoms with Gasteiger partial charge in [-0.3, -0.25) is 0 Å². The average molecular weight is 354 g/mol. The average Bonchev–Trinajstić information content (AvgIpc) is 2.67. The maximum absolute atomic E-state index is 11.2. The molecule has 140 valence electrons. The first-order chi connectivity index (χ1) is 12.6. The molecule has 0 aliphatic heterocycles. The number of ether oxygens (including phenoxy) is 2. The number of hydrogen-bond acceptors (Lipinski definition) is 3. The van der Waals surface area contributed by atoms with Gasteiger partial charge in [-0.05, 0) is 36.1 Å². The van der Waals surface area contributed by atoms with Crippen LogP contribution < -0.4 is 4.74 Å². The van der Waals surface area contributed by atoms with Crippen LogP contribution in [-0.4, -0.2) is 18.7 Å². The van der Waals surface area contributed by atoms with Crippen LogP contribution in [0.15, 0.2) is 67.3 Å². The highest BCUT2D eigenvalue weighted by atomic mass is 16.6. The van der Waals surface area contributed by atoms with Crippen molar-refractivity contribution in [3.05, 3.63) is 78.4 Å². The molecule has 0 bridgehead atoms. The molecular formula is C23H30O3. The Hall–Kier alpha value is -2.55. The lowest BCUT2D eigenvalue weighted by Crippen LogP contribution is -2.23. The molecule has 0 heterocycles. The number of carbonyl (C=O) groups is 1. The molecule has 0 amide bonds. The zero-order chi connectivity index (χ0) is 19.2. The van der Waals surface area contributed by atoms with Crippen molar-refractivity contribution in [2.45, 2.75) is 46.1 Å². The van der Waals surface area contributed by atoms with E-state index >= 15 is 0 Å². The monoisotopic (exact) mass is 354 g/mol. The lowest BCUT2D eigenvalue weighted by Gasteiger charge is -2.16. The Morgan fingerprint density at radius 2 is 1.58 bits per heavy atom. The van der Waals surface area contributed by atoms with E-state index in [1.807, 2.05) is 37.3 Å². The first-order valence-electron chi connectivity index (χ1n) is 9.21. The van der Waals surface area contributed by atoms with E-state index in [0.29, 0.717) is 13.0 Å². The van der Waals surface area contributed by atoms with E-state index in [1.54, 1.807) is 0 Å². The van der Waals surface area contributed by atoms with Gasteiger partial charge in [0.25, 0.3) is 0 Å². The van der Waals surface area contributed by atoms with Gasteiger partial charge in [-0.15, -0.1) is 0 Å². The van der Waals surface area contributed by atoms with Crippen LogP contribution >= 0.6 is 0 Å². The third kappa shape index (κ3) is 8.52. The molecule has 1 unspecified atom stereocenters. The predicted octanol–water partition coefficient (Wildman–Crippen LogP) is 5.58. The van der Waals surface area contributed by atoms with Gasteiger partial charge >= 0.3 is 5.97 Å². The number of carbonyl (C=O) groups excluding carboxylic acids is 1. The van der Waals surface area contributed by atoms with Gasteiger partial charge in [0.2, 0.25) is 0 Å². The van der Waals surface area contributed by atoms with Crippen LogP contribution in [0.3, 0.4) is 0 Å². The lowest BCUT2D eigenvalue weighted by molar-refractivity contribution is -0.144. The summed E-state index contributed by atoms with van der Waals surface area (Å²) in [6.45, 7) is 9.94. The van der Waals surface area contributed by atoms with Crippen LogP contribution in [0.2, 0.25) is 0 Å². The Balaban J connectivity index is 0.00000105. The summed E-state index contributed by atoms with van der Waals surface area (Å²) in [7, 11) is 0. The summed E-state index contributed by atoms with van der Waals surface area (Å²) < 4.78 is 10.9. The number of esters is 1. The van der Waals surface area contributed by atoms with Gasteiger partial charge in [0.05, 0.1) is 0 Å². The molecule has 0 aliphatic carbocycles. The Labute approximate surface area is 157 Å². The summed E-state index contributed by atoms with van der Waals surface area (Å²) in [5.74, 6) is 0.355. The summed E-state index contributed by atoms with van der Waals surface area (Å²) in [4.78, 5) is 11.2. The van der Waals surface area contributed by atoms with Gasteiger partial charge in [-0.25, -0.2) is 4.79 Å². The molecule has 0 fully saturated rings. The van der Waals surface area contributed by atoms with Crippen LogP contribution in [0.4, 0.5) is 0 Å². The SMILES string of the molecule is C=CC(=O)OC(CC)COc1ccc(Cc2ccccc2)cc1.CCC. The van der Waals surface area contributed by atoms with Crippen molar-refractivity contribution < 1.29 is 14.3 Å². The first-order valence-corrected chi connectivity index (χ1v) is 9.21. The first kappa shape index (κ1) is 21.5. The number of hydrogen-bond donors (Lipinski definition) is 0.